The summed E-state index contributed by atoms with van der Waals surface area (Å²) in [6.07, 6.45) is -5.26. The molecule has 1 unspecified atom stereocenters. The Morgan fingerprint density at radius 3 is 2.12 bits per heavy atom. The summed E-state index contributed by atoms with van der Waals surface area (Å²) in [5.41, 5.74) is 5.49. The van der Waals surface area contributed by atoms with Gasteiger partial charge in [0, 0.05) is 6.20 Å². The van der Waals surface area contributed by atoms with Crippen LogP contribution in [0.3, 0.4) is 0 Å². The predicted octanol–water partition coefficient (Wildman–Crippen LogP) is 3.31. The van der Waals surface area contributed by atoms with Crippen molar-refractivity contribution in [3.8, 4) is 17.6 Å². The second kappa shape index (κ2) is 17.2. The molecule has 268 valence electrons. The van der Waals surface area contributed by atoms with Crippen molar-refractivity contribution in [2.75, 3.05) is 40.1 Å². The number of hydrogen-bond acceptors (Lipinski definition) is 13. The van der Waals surface area contributed by atoms with Gasteiger partial charge >= 0.3 is 5.69 Å². The molecule has 0 bridgehead atoms. The number of anilines is 1. The minimum Gasteiger partial charge on any atom is -0.497 e. The Kier molecular flexibility index (Phi) is 12.5. The molecule has 3 N–H and O–H groups in total. The van der Waals surface area contributed by atoms with E-state index >= 15 is 0 Å². The molecule has 14 heteroatoms. The van der Waals surface area contributed by atoms with Crippen molar-refractivity contribution in [1.82, 2.24) is 9.55 Å². The lowest BCUT2D eigenvalue weighted by Crippen LogP contribution is -2.49. The number of rotatable bonds is 17. The van der Waals surface area contributed by atoms with Crippen molar-refractivity contribution in [2.45, 2.75) is 49.6 Å². The van der Waals surface area contributed by atoms with Gasteiger partial charge in [0.15, 0.2) is 12.0 Å². The third kappa shape index (κ3) is 8.26. The van der Waals surface area contributed by atoms with Crippen LogP contribution in [0.5, 0.6) is 11.5 Å². The standard InChI is InChI=1S/C37H40N4O10/c1-24(42)32(33-31(43)34(49-23-48-22-47-21-7-19-38)35(50-33)41-20-18-30(39)40-36(41)44)51-37(25-8-5-4-6-9-25,26-10-14-28(45-2)15-11-26)27-12-16-29(46-3)17-13-27/h4-6,8-18,20,31-35,43H,7,21-23H2,1-3H3,(H2,39,40,44)/t31-,32?,33+,34-,35-/m1/s1. The van der Waals surface area contributed by atoms with E-state index in [-0.39, 0.29) is 32.4 Å². The van der Waals surface area contributed by atoms with Crippen LogP contribution in [0.1, 0.15) is 36.3 Å². The first kappa shape index (κ1) is 37.1. The van der Waals surface area contributed by atoms with Gasteiger partial charge in [-0.25, -0.2) is 4.79 Å². The molecule has 3 aromatic carbocycles. The summed E-state index contributed by atoms with van der Waals surface area (Å²) in [5, 5.41) is 20.6. The van der Waals surface area contributed by atoms with E-state index in [4.69, 9.17) is 44.2 Å². The monoisotopic (exact) mass is 700 g/mol. The number of hydrogen-bond donors (Lipinski definition) is 2. The third-order valence-electron chi connectivity index (χ3n) is 8.42. The van der Waals surface area contributed by atoms with Gasteiger partial charge < -0.3 is 44.0 Å². The van der Waals surface area contributed by atoms with Gasteiger partial charge in [0.2, 0.25) is 0 Å². The largest absolute Gasteiger partial charge is 0.497 e. The Morgan fingerprint density at radius 2 is 1.57 bits per heavy atom. The number of aliphatic hydroxyl groups excluding tert-OH is 1. The maximum absolute atomic E-state index is 13.7. The maximum atomic E-state index is 13.7. The number of Topliss-reactive ketones (excluding diaryl/α,β-unsaturated/α-hetero) is 1. The molecular weight excluding hydrogens is 660 g/mol. The van der Waals surface area contributed by atoms with Gasteiger partial charge in [-0.2, -0.15) is 10.2 Å². The number of nitrogens with zero attached hydrogens (tertiary/aromatic N) is 3. The van der Waals surface area contributed by atoms with Gasteiger partial charge in [-0.05, 0) is 53.9 Å². The molecule has 51 heavy (non-hydrogen) atoms. The van der Waals surface area contributed by atoms with Gasteiger partial charge in [0.1, 0.15) is 60.9 Å². The summed E-state index contributed by atoms with van der Waals surface area (Å²) in [6.45, 7) is 0.924. The van der Waals surface area contributed by atoms with E-state index in [2.05, 4.69) is 4.98 Å². The van der Waals surface area contributed by atoms with Gasteiger partial charge in [0.25, 0.3) is 0 Å². The molecule has 1 aliphatic heterocycles. The molecule has 2 heterocycles. The fraction of sp³-hybridized carbons (Fsp3) is 0.351. The van der Waals surface area contributed by atoms with Crippen molar-refractivity contribution in [1.29, 1.82) is 5.26 Å². The van der Waals surface area contributed by atoms with Crippen LogP contribution in [0.4, 0.5) is 5.82 Å². The van der Waals surface area contributed by atoms with Crippen molar-refractivity contribution in [2.24, 2.45) is 0 Å². The normalized spacial score (nSPS) is 19.3. The Hall–Kier alpha value is -5.14. The summed E-state index contributed by atoms with van der Waals surface area (Å²) >= 11 is 0. The van der Waals surface area contributed by atoms with Gasteiger partial charge in [-0.1, -0.05) is 54.6 Å². The van der Waals surface area contributed by atoms with Gasteiger partial charge in [-0.15, -0.1) is 0 Å². The molecule has 14 nitrogen and oxygen atoms in total. The molecule has 1 aliphatic rings. The van der Waals surface area contributed by atoms with E-state index in [1.165, 1.54) is 19.2 Å². The van der Waals surface area contributed by atoms with E-state index in [1.807, 2.05) is 60.7 Å². The van der Waals surface area contributed by atoms with Crippen LogP contribution >= 0.6 is 0 Å². The maximum Gasteiger partial charge on any atom is 0.351 e. The highest BCUT2D eigenvalue weighted by atomic mass is 16.7. The van der Waals surface area contributed by atoms with Crippen molar-refractivity contribution < 1.29 is 43.1 Å². The molecule has 0 radical (unpaired) electrons. The van der Waals surface area contributed by atoms with E-state index in [0.717, 1.165) is 4.57 Å². The van der Waals surface area contributed by atoms with Crippen LogP contribution in [0.2, 0.25) is 0 Å². The second-order valence-corrected chi connectivity index (χ2v) is 11.6. The summed E-state index contributed by atoms with van der Waals surface area (Å²) in [4.78, 5) is 30.6. The van der Waals surface area contributed by atoms with Crippen LogP contribution in [-0.4, -0.2) is 79.3 Å². The number of carbonyl (C=O) groups excluding carboxylic acids is 1. The average Bonchev–Trinajstić information content (AvgIpc) is 3.46. The lowest BCUT2D eigenvalue weighted by atomic mass is 9.79. The topological polar surface area (TPSA) is 187 Å². The molecule has 1 fully saturated rings. The van der Waals surface area contributed by atoms with Crippen molar-refractivity contribution in [3.05, 3.63) is 118 Å². The fourth-order valence-electron chi connectivity index (χ4n) is 5.95. The number of aliphatic hydroxyl groups is 1. The minimum atomic E-state index is -1.52. The first-order valence-electron chi connectivity index (χ1n) is 16.1. The molecule has 5 rings (SSSR count). The Morgan fingerprint density at radius 1 is 0.961 bits per heavy atom. The SMILES string of the molecule is COc1ccc(C(OC(C(C)=O)[C@H]2O[C@@H](n3ccc(N)nc3=O)[C@H](OCOCOCCC#N)[C@@H]2O)(c2ccccc2)c2ccc(OC)cc2)cc1. The Bertz CT molecular complexity index is 1780. The molecule has 1 saturated heterocycles. The van der Waals surface area contributed by atoms with E-state index in [9.17, 15) is 14.7 Å². The van der Waals surface area contributed by atoms with Gasteiger partial charge in [0.05, 0.1) is 33.3 Å². The molecule has 0 saturated carbocycles. The minimum absolute atomic E-state index is 0.0155. The van der Waals surface area contributed by atoms with Crippen LogP contribution in [0.25, 0.3) is 0 Å². The number of nitrogens with two attached hydrogens (primary N) is 1. The zero-order valence-corrected chi connectivity index (χ0v) is 28.4. The zero-order chi connectivity index (χ0) is 36.4. The van der Waals surface area contributed by atoms with E-state index < -0.39 is 47.7 Å². The van der Waals surface area contributed by atoms with Crippen LogP contribution in [-0.2, 0) is 34.1 Å². The lowest BCUT2D eigenvalue weighted by molar-refractivity contribution is -0.175. The first-order valence-corrected chi connectivity index (χ1v) is 16.1. The molecule has 0 amide bonds. The highest BCUT2D eigenvalue weighted by molar-refractivity contribution is 5.81. The summed E-state index contributed by atoms with van der Waals surface area (Å²) in [5.74, 6) is 0.733. The molecule has 1 aromatic heterocycles. The second-order valence-electron chi connectivity index (χ2n) is 11.6. The number of carbonyl (C=O) groups is 1. The summed E-state index contributed by atoms with van der Waals surface area (Å²) in [7, 11) is 3.13. The van der Waals surface area contributed by atoms with Gasteiger partial charge in [-0.3, -0.25) is 9.36 Å². The number of ketones is 1. The first-order chi connectivity index (χ1) is 24.7. The highest BCUT2D eigenvalue weighted by Gasteiger charge is 2.53. The molecule has 0 aliphatic carbocycles. The smallest absolute Gasteiger partial charge is 0.351 e. The number of nitrogen functional groups attached to an aromatic ring is 1. The molecule has 4 aromatic rings. The number of aromatic nitrogens is 2. The third-order valence-corrected chi connectivity index (χ3v) is 8.42. The lowest BCUT2D eigenvalue weighted by Gasteiger charge is -2.40. The zero-order valence-electron chi connectivity index (χ0n) is 28.4. The fourth-order valence-corrected chi connectivity index (χ4v) is 5.95. The molecular formula is C37H40N4O10. The van der Waals surface area contributed by atoms with Crippen molar-refractivity contribution >= 4 is 11.6 Å². The van der Waals surface area contributed by atoms with Crippen LogP contribution < -0.4 is 20.9 Å². The number of benzene rings is 3. The molecule has 0 spiro atoms. The average molecular weight is 701 g/mol. The Balaban J connectivity index is 1.58. The predicted molar refractivity (Wildman–Crippen MR) is 183 cm³/mol. The van der Waals surface area contributed by atoms with Crippen molar-refractivity contribution in [3.63, 3.8) is 0 Å². The number of methoxy groups -OCH3 is 2. The summed E-state index contributed by atoms with van der Waals surface area (Å²) < 4.78 is 41.9. The van der Waals surface area contributed by atoms with E-state index in [1.54, 1.807) is 38.5 Å². The van der Waals surface area contributed by atoms with E-state index in [0.29, 0.717) is 28.2 Å². The molecule has 5 atom stereocenters. The number of nitriles is 1. The summed E-state index contributed by atoms with van der Waals surface area (Å²) in [6, 6.07) is 27.2. The van der Waals surface area contributed by atoms with Crippen LogP contribution in [0, 0.1) is 11.3 Å². The highest BCUT2D eigenvalue weighted by Crippen LogP contribution is 2.45. The Labute approximate surface area is 294 Å². The van der Waals surface area contributed by atoms with Crippen LogP contribution in [0.15, 0.2) is 95.9 Å². The quantitative estimate of drug-likeness (QED) is 0.0929. The number of ether oxygens (including phenoxy) is 7.